The molecule has 140 valence electrons. The monoisotopic (exact) mass is 365 g/mol. The van der Waals surface area contributed by atoms with Crippen molar-refractivity contribution in [3.05, 3.63) is 63.8 Å². The number of hydrogen-bond acceptors (Lipinski definition) is 4. The van der Waals surface area contributed by atoms with E-state index in [1.54, 1.807) is 12.1 Å². The van der Waals surface area contributed by atoms with E-state index in [4.69, 9.17) is 14.9 Å². The fourth-order valence-corrected chi connectivity index (χ4v) is 2.88. The first kappa shape index (κ1) is 18.7. The molecule has 5 heteroatoms. The van der Waals surface area contributed by atoms with Gasteiger partial charge in [-0.05, 0) is 30.0 Å². The molecular formula is C22H23NO4. The molecule has 3 aromatic rings. The molecule has 0 radical (unpaired) electrons. The van der Waals surface area contributed by atoms with Crippen LogP contribution in [0.5, 0.6) is 5.75 Å². The molecule has 1 amide bonds. The van der Waals surface area contributed by atoms with Crippen molar-refractivity contribution < 1.29 is 13.9 Å². The maximum absolute atomic E-state index is 13.0. The van der Waals surface area contributed by atoms with E-state index < -0.39 is 12.5 Å². The Morgan fingerprint density at radius 3 is 2.37 bits per heavy atom. The number of carbonyl (C=O) groups is 1. The lowest BCUT2D eigenvalue weighted by Crippen LogP contribution is -2.22. The fourth-order valence-electron chi connectivity index (χ4n) is 2.88. The topological polar surface area (TPSA) is 82.5 Å². The van der Waals surface area contributed by atoms with Crippen molar-refractivity contribution in [1.29, 1.82) is 0 Å². The van der Waals surface area contributed by atoms with Gasteiger partial charge in [-0.3, -0.25) is 9.59 Å². The Morgan fingerprint density at radius 1 is 1.11 bits per heavy atom. The number of amides is 1. The number of carbonyl (C=O) groups excluding carboxylic acids is 1. The molecule has 5 nitrogen and oxygen atoms in total. The summed E-state index contributed by atoms with van der Waals surface area (Å²) in [7, 11) is 0. The Morgan fingerprint density at radius 2 is 1.78 bits per heavy atom. The minimum Gasteiger partial charge on any atom is -0.476 e. The summed E-state index contributed by atoms with van der Waals surface area (Å²) in [5.74, 6) is -0.374. The van der Waals surface area contributed by atoms with Crippen molar-refractivity contribution in [2.24, 2.45) is 5.73 Å². The molecule has 0 bridgehead atoms. The van der Waals surface area contributed by atoms with E-state index in [1.807, 2.05) is 37.3 Å². The van der Waals surface area contributed by atoms with E-state index in [1.165, 1.54) is 0 Å². The summed E-state index contributed by atoms with van der Waals surface area (Å²) in [5, 5.41) is 0.407. The van der Waals surface area contributed by atoms with Gasteiger partial charge >= 0.3 is 0 Å². The van der Waals surface area contributed by atoms with E-state index >= 15 is 0 Å². The van der Waals surface area contributed by atoms with Crippen molar-refractivity contribution in [2.75, 3.05) is 6.61 Å². The highest BCUT2D eigenvalue weighted by atomic mass is 16.5. The molecule has 0 saturated heterocycles. The summed E-state index contributed by atoms with van der Waals surface area (Å²) in [6.07, 6.45) is 0. The standard InChI is InChI=1S/C22H23NO4/c1-13-5-10-17-16(11-13)19(25)21(26-12-18(23)24)20(27-17)14-6-8-15(9-7-14)22(2,3)4/h5-11H,12H2,1-4H3,(H2,23,24). The zero-order valence-corrected chi connectivity index (χ0v) is 16.0. The summed E-state index contributed by atoms with van der Waals surface area (Å²) in [5.41, 5.74) is 8.12. The van der Waals surface area contributed by atoms with Gasteiger partial charge in [-0.15, -0.1) is 0 Å². The molecular weight excluding hydrogens is 342 g/mol. The van der Waals surface area contributed by atoms with Crippen LogP contribution in [0.4, 0.5) is 0 Å². The highest BCUT2D eigenvalue weighted by Gasteiger charge is 2.20. The van der Waals surface area contributed by atoms with Gasteiger partial charge in [-0.1, -0.05) is 56.7 Å². The normalized spacial score (nSPS) is 11.6. The Bertz CT molecular complexity index is 1060. The first-order valence-corrected chi connectivity index (χ1v) is 8.76. The van der Waals surface area contributed by atoms with Gasteiger partial charge in [0.15, 0.2) is 12.4 Å². The third-order valence-electron chi connectivity index (χ3n) is 4.38. The number of ether oxygens (including phenoxy) is 1. The summed E-state index contributed by atoms with van der Waals surface area (Å²) >= 11 is 0. The third kappa shape index (κ3) is 3.87. The van der Waals surface area contributed by atoms with E-state index in [-0.39, 0.29) is 22.4 Å². The summed E-state index contributed by atoms with van der Waals surface area (Å²) in [4.78, 5) is 24.1. The lowest BCUT2D eigenvalue weighted by Gasteiger charge is -2.19. The van der Waals surface area contributed by atoms with Gasteiger partial charge in [0.25, 0.3) is 5.91 Å². The molecule has 1 heterocycles. The average molecular weight is 365 g/mol. The van der Waals surface area contributed by atoms with E-state index in [2.05, 4.69) is 20.8 Å². The van der Waals surface area contributed by atoms with Crippen molar-refractivity contribution in [1.82, 2.24) is 0 Å². The number of nitrogens with two attached hydrogens (primary N) is 1. The van der Waals surface area contributed by atoms with E-state index in [0.29, 0.717) is 16.5 Å². The van der Waals surface area contributed by atoms with Crippen molar-refractivity contribution >= 4 is 16.9 Å². The third-order valence-corrected chi connectivity index (χ3v) is 4.38. The van der Waals surface area contributed by atoms with Crippen LogP contribution in [0, 0.1) is 6.92 Å². The Kier molecular flexibility index (Phi) is 4.79. The molecule has 3 rings (SSSR count). The van der Waals surface area contributed by atoms with Crippen LogP contribution in [0.25, 0.3) is 22.3 Å². The average Bonchev–Trinajstić information content (AvgIpc) is 2.60. The molecule has 1 aromatic heterocycles. The van der Waals surface area contributed by atoms with Crippen LogP contribution >= 0.6 is 0 Å². The van der Waals surface area contributed by atoms with Gasteiger partial charge in [0.1, 0.15) is 5.58 Å². The SMILES string of the molecule is Cc1ccc2oc(-c3ccc(C(C)(C)C)cc3)c(OCC(N)=O)c(=O)c2c1. The molecule has 2 aromatic carbocycles. The van der Waals surface area contributed by atoms with Crippen LogP contribution in [0.1, 0.15) is 31.9 Å². The smallest absolute Gasteiger partial charge is 0.255 e. The Labute approximate surface area is 157 Å². The van der Waals surface area contributed by atoms with Gasteiger partial charge in [0, 0.05) is 5.56 Å². The first-order valence-electron chi connectivity index (χ1n) is 8.76. The van der Waals surface area contributed by atoms with Gasteiger partial charge in [0.2, 0.25) is 11.2 Å². The van der Waals surface area contributed by atoms with Crippen LogP contribution in [-0.2, 0) is 10.2 Å². The Balaban J connectivity index is 2.20. The predicted molar refractivity (Wildman–Crippen MR) is 106 cm³/mol. The fraction of sp³-hybridized carbons (Fsp3) is 0.273. The molecule has 0 unspecified atom stereocenters. The van der Waals surface area contributed by atoms with Gasteiger partial charge in [-0.2, -0.15) is 0 Å². The molecule has 0 fully saturated rings. The maximum atomic E-state index is 13.0. The molecule has 2 N–H and O–H groups in total. The van der Waals surface area contributed by atoms with Crippen LogP contribution in [0.2, 0.25) is 0 Å². The van der Waals surface area contributed by atoms with Crippen molar-refractivity contribution in [3.63, 3.8) is 0 Å². The van der Waals surface area contributed by atoms with Crippen molar-refractivity contribution in [2.45, 2.75) is 33.1 Å². The lowest BCUT2D eigenvalue weighted by molar-refractivity contribution is -0.119. The van der Waals surface area contributed by atoms with E-state index in [9.17, 15) is 9.59 Å². The minimum atomic E-state index is -0.659. The second kappa shape index (κ2) is 6.91. The van der Waals surface area contributed by atoms with Gasteiger partial charge < -0.3 is 14.9 Å². The second-order valence-electron chi connectivity index (χ2n) is 7.67. The lowest BCUT2D eigenvalue weighted by atomic mass is 9.86. The molecule has 27 heavy (non-hydrogen) atoms. The van der Waals surface area contributed by atoms with Gasteiger partial charge in [0.05, 0.1) is 5.39 Å². The number of rotatable bonds is 4. The summed E-state index contributed by atoms with van der Waals surface area (Å²) in [6.45, 7) is 7.88. The first-order chi connectivity index (χ1) is 12.7. The largest absolute Gasteiger partial charge is 0.476 e. The number of benzene rings is 2. The summed E-state index contributed by atoms with van der Waals surface area (Å²) < 4.78 is 11.4. The highest BCUT2D eigenvalue weighted by molar-refractivity contribution is 5.83. The molecule has 0 aliphatic carbocycles. The van der Waals surface area contributed by atoms with Crippen LogP contribution in [-0.4, -0.2) is 12.5 Å². The zero-order chi connectivity index (χ0) is 19.8. The second-order valence-corrected chi connectivity index (χ2v) is 7.67. The van der Waals surface area contributed by atoms with Crippen LogP contribution < -0.4 is 15.9 Å². The number of primary amides is 1. The molecule has 0 spiro atoms. The zero-order valence-electron chi connectivity index (χ0n) is 16.0. The number of fused-ring (bicyclic) bond motifs is 1. The molecule has 0 aliphatic rings. The Hall–Kier alpha value is -3.08. The highest BCUT2D eigenvalue weighted by Crippen LogP contribution is 2.33. The van der Waals surface area contributed by atoms with E-state index in [0.717, 1.165) is 11.1 Å². The maximum Gasteiger partial charge on any atom is 0.255 e. The molecule has 0 saturated carbocycles. The predicted octanol–water partition coefficient (Wildman–Crippen LogP) is 3.93. The minimum absolute atomic E-state index is 0.00425. The quantitative estimate of drug-likeness (QED) is 0.759. The van der Waals surface area contributed by atoms with Crippen molar-refractivity contribution in [3.8, 4) is 17.1 Å². The number of hydrogen-bond donors (Lipinski definition) is 1. The summed E-state index contributed by atoms with van der Waals surface area (Å²) in [6, 6.07) is 13.1. The van der Waals surface area contributed by atoms with Crippen LogP contribution in [0.3, 0.4) is 0 Å². The van der Waals surface area contributed by atoms with Crippen LogP contribution in [0.15, 0.2) is 51.7 Å². The molecule has 0 aliphatic heterocycles. The number of aryl methyl sites for hydroxylation is 1. The van der Waals surface area contributed by atoms with Gasteiger partial charge in [-0.25, -0.2) is 0 Å². The molecule has 0 atom stereocenters.